The van der Waals surface area contributed by atoms with Crippen LogP contribution in [0.4, 0.5) is 0 Å². The summed E-state index contributed by atoms with van der Waals surface area (Å²) in [6.45, 7) is 14.9. The Labute approximate surface area is 187 Å². The first kappa shape index (κ1) is 22.9. The van der Waals surface area contributed by atoms with E-state index in [-0.39, 0.29) is 6.10 Å². The smallest absolute Gasteiger partial charge is 0.0543 e. The van der Waals surface area contributed by atoms with Gasteiger partial charge in [-0.2, -0.15) is 0 Å². The van der Waals surface area contributed by atoms with Crippen LogP contribution in [0, 0.1) is 52.3 Å². The molecule has 4 saturated carbocycles. The predicted octanol–water partition coefficient (Wildman–Crippen LogP) is 8.02. The van der Waals surface area contributed by atoms with Gasteiger partial charge in [0, 0.05) is 0 Å². The summed E-state index contributed by atoms with van der Waals surface area (Å²) in [5, 5.41) is 10.3. The van der Waals surface area contributed by atoms with E-state index in [4.69, 9.17) is 0 Å². The Kier molecular flexibility index (Phi) is 6.53. The lowest BCUT2D eigenvalue weighted by Crippen LogP contribution is -2.54. The van der Waals surface area contributed by atoms with Crippen molar-refractivity contribution in [3.05, 3.63) is 11.6 Å². The van der Waals surface area contributed by atoms with E-state index < -0.39 is 0 Å². The molecular weight excluding hydrogens is 364 g/mol. The third kappa shape index (κ3) is 3.74. The van der Waals surface area contributed by atoms with Gasteiger partial charge in [0.05, 0.1) is 6.10 Å². The average Bonchev–Trinajstić information content (AvgIpc) is 3.06. The third-order valence-electron chi connectivity index (χ3n) is 11.4. The molecular formula is C29H50O. The van der Waals surface area contributed by atoms with Crippen LogP contribution >= 0.6 is 0 Å². The van der Waals surface area contributed by atoms with Gasteiger partial charge < -0.3 is 5.11 Å². The highest BCUT2D eigenvalue weighted by Crippen LogP contribution is 2.68. The van der Waals surface area contributed by atoms with Gasteiger partial charge in [0.1, 0.15) is 0 Å². The van der Waals surface area contributed by atoms with Crippen LogP contribution in [0.3, 0.4) is 0 Å². The summed E-state index contributed by atoms with van der Waals surface area (Å²) in [7, 11) is 0. The zero-order valence-corrected chi connectivity index (χ0v) is 20.9. The van der Waals surface area contributed by atoms with Crippen molar-refractivity contribution in [1.29, 1.82) is 0 Å². The van der Waals surface area contributed by atoms with Crippen molar-refractivity contribution in [2.45, 2.75) is 118 Å². The molecule has 0 radical (unpaired) electrons. The van der Waals surface area contributed by atoms with Crippen LogP contribution in [0.1, 0.15) is 112 Å². The van der Waals surface area contributed by atoms with Crippen molar-refractivity contribution in [2.75, 3.05) is 0 Å². The van der Waals surface area contributed by atoms with Crippen molar-refractivity contribution in [3.8, 4) is 0 Å². The SMILES string of the molecule is C/C=C(\CC[C@@H](C)[C@H]1CC[C@H]2[C@@H]3CC[C@H]4C[C@@H](O)CC[C@]4(C)[C@H]3CC[C@]12C)C(C)C. The maximum atomic E-state index is 10.3. The highest BCUT2D eigenvalue weighted by molar-refractivity contribution is 5.10. The number of rotatable bonds is 5. The summed E-state index contributed by atoms with van der Waals surface area (Å²) >= 11 is 0. The number of aliphatic hydroxyl groups is 1. The number of aliphatic hydroxyl groups excluding tert-OH is 1. The molecule has 0 aromatic carbocycles. The molecule has 0 aromatic rings. The zero-order chi connectivity index (χ0) is 21.7. The quantitative estimate of drug-likeness (QED) is 0.451. The van der Waals surface area contributed by atoms with Crippen molar-refractivity contribution in [1.82, 2.24) is 0 Å². The third-order valence-corrected chi connectivity index (χ3v) is 11.4. The van der Waals surface area contributed by atoms with Gasteiger partial charge in [0.15, 0.2) is 0 Å². The van der Waals surface area contributed by atoms with Gasteiger partial charge in [-0.05, 0) is 130 Å². The second-order valence-electron chi connectivity index (χ2n) is 12.8. The highest BCUT2D eigenvalue weighted by atomic mass is 16.3. The van der Waals surface area contributed by atoms with Crippen LogP contribution < -0.4 is 0 Å². The highest BCUT2D eigenvalue weighted by Gasteiger charge is 2.60. The minimum atomic E-state index is -0.0157. The van der Waals surface area contributed by atoms with Crippen LogP contribution in [0.5, 0.6) is 0 Å². The molecule has 30 heavy (non-hydrogen) atoms. The summed E-state index contributed by atoms with van der Waals surface area (Å²) in [6.07, 6.45) is 17.2. The van der Waals surface area contributed by atoms with E-state index in [1.54, 1.807) is 5.57 Å². The fourth-order valence-electron chi connectivity index (χ4n) is 9.57. The standard InChI is InChI=1S/C29H50O/c1-7-21(19(2)3)9-8-20(4)25-12-13-26-24-11-10-22-18-23(30)14-16-28(22,5)27(24)15-17-29(25,26)6/h7,19-20,22-27,30H,8-18H2,1-6H3/b21-7+/t20-,22+,23+,24+,25-,26+,27+,28+,29-/m1/s1. The fourth-order valence-corrected chi connectivity index (χ4v) is 9.57. The van der Waals surface area contributed by atoms with E-state index in [0.29, 0.717) is 16.7 Å². The zero-order valence-electron chi connectivity index (χ0n) is 20.9. The Morgan fingerprint density at radius 3 is 2.33 bits per heavy atom. The van der Waals surface area contributed by atoms with Gasteiger partial charge in [-0.1, -0.05) is 46.3 Å². The molecule has 4 aliphatic carbocycles. The second kappa shape index (κ2) is 8.57. The normalized spacial score (nSPS) is 47.5. The number of allylic oxidation sites excluding steroid dienone is 2. The van der Waals surface area contributed by atoms with E-state index in [1.165, 1.54) is 57.8 Å². The fraction of sp³-hybridized carbons (Fsp3) is 0.931. The van der Waals surface area contributed by atoms with Crippen LogP contribution in [0.15, 0.2) is 11.6 Å². The van der Waals surface area contributed by atoms with E-state index >= 15 is 0 Å². The van der Waals surface area contributed by atoms with E-state index in [1.807, 2.05) is 0 Å². The molecule has 0 bridgehead atoms. The van der Waals surface area contributed by atoms with Crippen molar-refractivity contribution < 1.29 is 5.11 Å². The molecule has 4 rings (SSSR count). The summed E-state index contributed by atoms with van der Waals surface area (Å²) < 4.78 is 0. The first-order valence-electron chi connectivity index (χ1n) is 13.5. The monoisotopic (exact) mass is 414 g/mol. The molecule has 172 valence electrons. The maximum Gasteiger partial charge on any atom is 0.0543 e. The maximum absolute atomic E-state index is 10.3. The van der Waals surface area contributed by atoms with Crippen LogP contribution in [-0.4, -0.2) is 11.2 Å². The van der Waals surface area contributed by atoms with Gasteiger partial charge >= 0.3 is 0 Å². The summed E-state index contributed by atoms with van der Waals surface area (Å²) in [6, 6.07) is 0. The van der Waals surface area contributed by atoms with E-state index in [9.17, 15) is 5.11 Å². The first-order chi connectivity index (χ1) is 14.2. The first-order valence-corrected chi connectivity index (χ1v) is 13.5. The van der Waals surface area contributed by atoms with Gasteiger partial charge in [0.25, 0.3) is 0 Å². The Bertz CT molecular complexity index is 634. The van der Waals surface area contributed by atoms with Crippen molar-refractivity contribution in [3.63, 3.8) is 0 Å². The molecule has 4 aliphatic rings. The molecule has 0 heterocycles. The minimum absolute atomic E-state index is 0.0157. The van der Waals surface area contributed by atoms with Gasteiger partial charge in [0.2, 0.25) is 0 Å². The summed E-state index contributed by atoms with van der Waals surface area (Å²) in [4.78, 5) is 0. The Morgan fingerprint density at radius 1 is 0.933 bits per heavy atom. The van der Waals surface area contributed by atoms with Crippen LogP contribution in [0.25, 0.3) is 0 Å². The Morgan fingerprint density at radius 2 is 1.63 bits per heavy atom. The van der Waals surface area contributed by atoms with Crippen LogP contribution in [-0.2, 0) is 0 Å². The molecule has 0 unspecified atom stereocenters. The van der Waals surface area contributed by atoms with Gasteiger partial charge in [-0.15, -0.1) is 0 Å². The molecule has 0 aromatic heterocycles. The molecule has 9 atom stereocenters. The molecule has 0 amide bonds. The van der Waals surface area contributed by atoms with E-state index in [0.717, 1.165) is 48.3 Å². The lowest BCUT2D eigenvalue weighted by molar-refractivity contribution is -0.129. The lowest BCUT2D eigenvalue weighted by atomic mass is 9.44. The van der Waals surface area contributed by atoms with Crippen molar-refractivity contribution in [2.24, 2.45) is 52.3 Å². The van der Waals surface area contributed by atoms with Crippen LogP contribution in [0.2, 0.25) is 0 Å². The molecule has 0 saturated heterocycles. The number of fused-ring (bicyclic) bond motifs is 5. The summed E-state index contributed by atoms with van der Waals surface area (Å²) in [5.74, 6) is 6.17. The van der Waals surface area contributed by atoms with Gasteiger partial charge in [-0.3, -0.25) is 0 Å². The van der Waals surface area contributed by atoms with E-state index in [2.05, 4.69) is 47.6 Å². The molecule has 0 aliphatic heterocycles. The molecule has 4 fully saturated rings. The topological polar surface area (TPSA) is 20.2 Å². The number of hydrogen-bond donors (Lipinski definition) is 1. The number of hydrogen-bond acceptors (Lipinski definition) is 1. The molecule has 1 nitrogen and oxygen atoms in total. The Balaban J connectivity index is 1.46. The summed E-state index contributed by atoms with van der Waals surface area (Å²) in [5.41, 5.74) is 2.77. The minimum Gasteiger partial charge on any atom is -0.393 e. The average molecular weight is 415 g/mol. The largest absolute Gasteiger partial charge is 0.393 e. The second-order valence-corrected chi connectivity index (χ2v) is 12.8. The predicted molar refractivity (Wildman–Crippen MR) is 128 cm³/mol. The molecule has 1 N–H and O–H groups in total. The van der Waals surface area contributed by atoms with Gasteiger partial charge in [-0.25, -0.2) is 0 Å². The van der Waals surface area contributed by atoms with Crippen molar-refractivity contribution >= 4 is 0 Å². The Hall–Kier alpha value is -0.300. The molecule has 0 spiro atoms. The molecule has 1 heteroatoms. The lowest BCUT2D eigenvalue weighted by Gasteiger charge is -2.61.